The van der Waals surface area contributed by atoms with Crippen LogP contribution in [0.1, 0.15) is 20.7 Å². The molecule has 0 aliphatic carbocycles. The van der Waals surface area contributed by atoms with Crippen LogP contribution in [0.3, 0.4) is 0 Å². The number of amides is 3. The van der Waals surface area contributed by atoms with Gasteiger partial charge >= 0.3 is 0 Å². The average molecular weight is 402 g/mol. The summed E-state index contributed by atoms with van der Waals surface area (Å²) in [6, 6.07) is 20.1. The van der Waals surface area contributed by atoms with Gasteiger partial charge in [0.05, 0.1) is 23.9 Å². The van der Waals surface area contributed by atoms with Crippen molar-refractivity contribution in [1.29, 1.82) is 0 Å². The topological polar surface area (TPSA) is 84.9 Å². The summed E-state index contributed by atoms with van der Waals surface area (Å²) in [5.41, 5.74) is 1.73. The zero-order chi connectivity index (χ0) is 21.1. The lowest BCUT2D eigenvalue weighted by Crippen LogP contribution is -2.29. The van der Waals surface area contributed by atoms with Gasteiger partial charge in [0.2, 0.25) is 0 Å². The van der Waals surface area contributed by atoms with Crippen molar-refractivity contribution in [3.63, 3.8) is 0 Å². The van der Waals surface area contributed by atoms with Gasteiger partial charge in [-0.25, -0.2) is 4.90 Å². The van der Waals surface area contributed by atoms with Crippen LogP contribution in [0.4, 0.5) is 11.4 Å². The molecule has 0 atom stereocenters. The van der Waals surface area contributed by atoms with Crippen LogP contribution in [-0.4, -0.2) is 31.4 Å². The number of nitrogens with zero attached hydrogens (tertiary/aromatic N) is 1. The number of carbonyl (C=O) groups is 3. The molecule has 0 saturated heterocycles. The average Bonchev–Trinajstić information content (AvgIpc) is 3.04. The fourth-order valence-electron chi connectivity index (χ4n) is 3.14. The van der Waals surface area contributed by atoms with Gasteiger partial charge < -0.3 is 14.8 Å². The van der Waals surface area contributed by atoms with Gasteiger partial charge in [0.25, 0.3) is 17.7 Å². The molecule has 3 aromatic carbocycles. The van der Waals surface area contributed by atoms with Gasteiger partial charge in [0, 0.05) is 5.69 Å². The van der Waals surface area contributed by atoms with E-state index in [4.69, 9.17) is 9.47 Å². The van der Waals surface area contributed by atoms with Crippen molar-refractivity contribution >= 4 is 29.1 Å². The molecule has 1 N–H and O–H groups in total. The van der Waals surface area contributed by atoms with E-state index in [2.05, 4.69) is 5.32 Å². The second-order valence-electron chi connectivity index (χ2n) is 6.55. The first-order valence-corrected chi connectivity index (χ1v) is 9.21. The number of anilines is 2. The standard InChI is InChI=1S/C23H18N2O5/c1-29-17-10-12-18(13-11-17)30-14-21(26)24-15-6-8-16(9-7-15)25-22(27)19-4-2-3-5-20(19)23(25)28/h2-13H,14H2,1H3,(H,24,26). The predicted molar refractivity (Wildman–Crippen MR) is 111 cm³/mol. The van der Waals surface area contributed by atoms with E-state index in [0.717, 1.165) is 4.90 Å². The fourth-order valence-corrected chi connectivity index (χ4v) is 3.14. The van der Waals surface area contributed by atoms with Crippen LogP contribution in [-0.2, 0) is 4.79 Å². The van der Waals surface area contributed by atoms with Crippen LogP contribution in [0.5, 0.6) is 11.5 Å². The van der Waals surface area contributed by atoms with Crippen molar-refractivity contribution in [2.75, 3.05) is 23.9 Å². The molecule has 4 rings (SSSR count). The number of hydrogen-bond acceptors (Lipinski definition) is 5. The number of hydrogen-bond donors (Lipinski definition) is 1. The number of ether oxygens (including phenoxy) is 2. The highest BCUT2D eigenvalue weighted by Gasteiger charge is 2.36. The van der Waals surface area contributed by atoms with Crippen LogP contribution in [0.2, 0.25) is 0 Å². The summed E-state index contributed by atoms with van der Waals surface area (Å²) in [5.74, 6) is 0.191. The lowest BCUT2D eigenvalue weighted by atomic mass is 10.1. The third-order valence-corrected chi connectivity index (χ3v) is 4.63. The van der Waals surface area contributed by atoms with Crippen LogP contribution in [0.15, 0.2) is 72.8 Å². The highest BCUT2D eigenvalue weighted by Crippen LogP contribution is 2.29. The van der Waals surface area contributed by atoms with Crippen LogP contribution < -0.4 is 19.7 Å². The molecule has 0 radical (unpaired) electrons. The maximum absolute atomic E-state index is 12.5. The zero-order valence-corrected chi connectivity index (χ0v) is 16.1. The molecule has 150 valence electrons. The molecule has 1 aliphatic heterocycles. The van der Waals surface area contributed by atoms with Gasteiger partial charge in [0.1, 0.15) is 11.5 Å². The number of fused-ring (bicyclic) bond motifs is 1. The quantitative estimate of drug-likeness (QED) is 0.638. The van der Waals surface area contributed by atoms with Crippen LogP contribution >= 0.6 is 0 Å². The molecular formula is C23H18N2O5. The van der Waals surface area contributed by atoms with Crippen molar-refractivity contribution < 1.29 is 23.9 Å². The van der Waals surface area contributed by atoms with E-state index < -0.39 is 0 Å². The molecule has 0 aromatic heterocycles. The maximum Gasteiger partial charge on any atom is 0.266 e. The molecule has 1 heterocycles. The number of rotatable bonds is 6. The second-order valence-corrected chi connectivity index (χ2v) is 6.55. The highest BCUT2D eigenvalue weighted by atomic mass is 16.5. The smallest absolute Gasteiger partial charge is 0.266 e. The minimum Gasteiger partial charge on any atom is -0.497 e. The summed E-state index contributed by atoms with van der Waals surface area (Å²) in [4.78, 5) is 38.3. The summed E-state index contributed by atoms with van der Waals surface area (Å²) in [6.45, 7) is -0.160. The Balaban J connectivity index is 1.37. The number of imide groups is 1. The van der Waals surface area contributed by atoms with E-state index in [1.807, 2.05) is 0 Å². The van der Waals surface area contributed by atoms with Crippen molar-refractivity contribution in [1.82, 2.24) is 0 Å². The third kappa shape index (κ3) is 3.73. The molecule has 1 aliphatic rings. The molecule has 7 nitrogen and oxygen atoms in total. The predicted octanol–water partition coefficient (Wildman–Crippen LogP) is 3.51. The summed E-state index contributed by atoms with van der Waals surface area (Å²) in [6.07, 6.45) is 0. The van der Waals surface area contributed by atoms with E-state index in [1.54, 1.807) is 79.9 Å². The van der Waals surface area contributed by atoms with Crippen molar-refractivity contribution in [2.45, 2.75) is 0 Å². The summed E-state index contributed by atoms with van der Waals surface area (Å²) in [7, 11) is 1.57. The van der Waals surface area contributed by atoms with E-state index in [9.17, 15) is 14.4 Å². The van der Waals surface area contributed by atoms with Gasteiger partial charge in [-0.05, 0) is 60.7 Å². The molecule has 0 fully saturated rings. The minimum absolute atomic E-state index is 0.160. The molecular weight excluding hydrogens is 384 g/mol. The molecule has 0 spiro atoms. The Morgan fingerprint density at radius 2 is 1.40 bits per heavy atom. The summed E-state index contributed by atoms with van der Waals surface area (Å²) < 4.78 is 10.5. The van der Waals surface area contributed by atoms with E-state index >= 15 is 0 Å². The maximum atomic E-state index is 12.5. The number of benzene rings is 3. The van der Waals surface area contributed by atoms with Crippen molar-refractivity contribution in [3.05, 3.63) is 83.9 Å². The fraction of sp³-hybridized carbons (Fsp3) is 0.0870. The Kier molecular flexibility index (Phi) is 5.17. The number of nitrogens with one attached hydrogen (secondary N) is 1. The normalized spacial score (nSPS) is 12.5. The summed E-state index contributed by atoms with van der Waals surface area (Å²) in [5, 5.41) is 2.72. The highest BCUT2D eigenvalue weighted by molar-refractivity contribution is 6.34. The van der Waals surface area contributed by atoms with Gasteiger partial charge in [0.15, 0.2) is 6.61 Å². The Labute approximate surface area is 172 Å². The van der Waals surface area contributed by atoms with Gasteiger partial charge in [-0.15, -0.1) is 0 Å². The lowest BCUT2D eigenvalue weighted by molar-refractivity contribution is -0.118. The zero-order valence-electron chi connectivity index (χ0n) is 16.1. The molecule has 0 saturated carbocycles. The third-order valence-electron chi connectivity index (χ3n) is 4.63. The second kappa shape index (κ2) is 8.08. The Morgan fingerprint density at radius 1 is 0.833 bits per heavy atom. The number of carbonyl (C=O) groups excluding carboxylic acids is 3. The van der Waals surface area contributed by atoms with Crippen molar-refractivity contribution in [2.24, 2.45) is 0 Å². The first-order chi connectivity index (χ1) is 14.6. The van der Waals surface area contributed by atoms with Crippen molar-refractivity contribution in [3.8, 4) is 11.5 Å². The first-order valence-electron chi connectivity index (χ1n) is 9.21. The lowest BCUT2D eigenvalue weighted by Gasteiger charge is -2.14. The molecule has 3 aromatic rings. The van der Waals surface area contributed by atoms with Crippen LogP contribution in [0.25, 0.3) is 0 Å². The molecule has 0 unspecified atom stereocenters. The van der Waals surface area contributed by atoms with E-state index in [1.165, 1.54) is 0 Å². The first kappa shape index (κ1) is 19.2. The SMILES string of the molecule is COc1ccc(OCC(=O)Nc2ccc(N3C(=O)c4ccccc4C3=O)cc2)cc1. The van der Waals surface area contributed by atoms with Gasteiger partial charge in [-0.3, -0.25) is 14.4 Å². The molecule has 30 heavy (non-hydrogen) atoms. The van der Waals surface area contributed by atoms with E-state index in [0.29, 0.717) is 34.0 Å². The minimum atomic E-state index is -0.361. The number of methoxy groups -OCH3 is 1. The van der Waals surface area contributed by atoms with Crippen LogP contribution in [0, 0.1) is 0 Å². The molecule has 3 amide bonds. The Bertz CT molecular complexity index is 1070. The van der Waals surface area contributed by atoms with Gasteiger partial charge in [-0.2, -0.15) is 0 Å². The largest absolute Gasteiger partial charge is 0.497 e. The molecule has 7 heteroatoms. The summed E-state index contributed by atoms with van der Waals surface area (Å²) >= 11 is 0. The molecule has 0 bridgehead atoms. The Hall–Kier alpha value is -4.13. The van der Waals surface area contributed by atoms with E-state index in [-0.39, 0.29) is 24.3 Å². The Morgan fingerprint density at radius 3 is 1.97 bits per heavy atom. The van der Waals surface area contributed by atoms with Gasteiger partial charge in [-0.1, -0.05) is 12.1 Å². The monoisotopic (exact) mass is 402 g/mol.